The minimum Gasteiger partial charge on any atom is -0.376 e. The second-order valence-electron chi connectivity index (χ2n) is 8.91. The van der Waals surface area contributed by atoms with Gasteiger partial charge < -0.3 is 15.4 Å². The molecule has 2 heterocycles. The summed E-state index contributed by atoms with van der Waals surface area (Å²) in [5.41, 5.74) is 0.866. The van der Waals surface area contributed by atoms with Crippen molar-refractivity contribution in [3.63, 3.8) is 0 Å². The van der Waals surface area contributed by atoms with Crippen molar-refractivity contribution < 1.29 is 14.3 Å². The fraction of sp³-hybridized carbons (Fsp3) is 0.682. The van der Waals surface area contributed by atoms with Crippen molar-refractivity contribution in [2.45, 2.75) is 51.3 Å². The molecule has 0 radical (unpaired) electrons. The Hall–Kier alpha value is -1.99. The van der Waals surface area contributed by atoms with Crippen LogP contribution in [0.1, 0.15) is 38.3 Å². The van der Waals surface area contributed by atoms with E-state index in [1.807, 2.05) is 18.2 Å². The Bertz CT molecular complexity index is 709. The van der Waals surface area contributed by atoms with Crippen LogP contribution in [0.25, 0.3) is 0 Å². The largest absolute Gasteiger partial charge is 0.376 e. The van der Waals surface area contributed by atoms with Gasteiger partial charge in [0.15, 0.2) is 0 Å². The molecular formula is C22H32N4O3. The molecule has 7 nitrogen and oxygen atoms in total. The molecule has 1 aromatic heterocycles. The molecule has 1 saturated heterocycles. The molecule has 3 fully saturated rings. The minimum absolute atomic E-state index is 0.0113. The van der Waals surface area contributed by atoms with Crippen LogP contribution in [0, 0.1) is 17.8 Å². The van der Waals surface area contributed by atoms with Gasteiger partial charge in [0.2, 0.25) is 11.8 Å². The maximum Gasteiger partial charge on any atom is 0.234 e. The van der Waals surface area contributed by atoms with Crippen molar-refractivity contribution in [3.8, 4) is 0 Å². The molecule has 4 rings (SSSR count). The van der Waals surface area contributed by atoms with Gasteiger partial charge in [-0.1, -0.05) is 6.07 Å². The SMILES string of the molecule is CC(=O)N[C@@H]1C[C@@H]2CN(CC(=O)NCc3ccccn3)C[C@@H]2C[C@H]1OCC1CC1. The number of rotatable bonds is 8. The van der Waals surface area contributed by atoms with Crippen molar-refractivity contribution in [3.05, 3.63) is 30.1 Å². The molecule has 2 aliphatic carbocycles. The molecule has 0 bridgehead atoms. The summed E-state index contributed by atoms with van der Waals surface area (Å²) in [6.45, 7) is 5.11. The smallest absolute Gasteiger partial charge is 0.234 e. The van der Waals surface area contributed by atoms with E-state index in [9.17, 15) is 9.59 Å². The summed E-state index contributed by atoms with van der Waals surface area (Å²) >= 11 is 0. The lowest BCUT2D eigenvalue weighted by Gasteiger charge is -2.38. The van der Waals surface area contributed by atoms with Gasteiger partial charge in [-0.15, -0.1) is 0 Å². The zero-order valence-corrected chi connectivity index (χ0v) is 17.2. The van der Waals surface area contributed by atoms with Crippen molar-refractivity contribution in [2.75, 3.05) is 26.2 Å². The molecule has 0 aromatic carbocycles. The third kappa shape index (κ3) is 5.76. The van der Waals surface area contributed by atoms with Crippen LogP contribution in [0.5, 0.6) is 0 Å². The molecule has 0 spiro atoms. The predicted molar refractivity (Wildman–Crippen MR) is 109 cm³/mol. The quantitative estimate of drug-likeness (QED) is 0.688. The van der Waals surface area contributed by atoms with Crippen molar-refractivity contribution in [1.29, 1.82) is 0 Å². The molecule has 7 heteroatoms. The van der Waals surface area contributed by atoms with Gasteiger partial charge in [0, 0.05) is 32.8 Å². The lowest BCUT2D eigenvalue weighted by Crippen LogP contribution is -2.50. The fourth-order valence-corrected chi connectivity index (χ4v) is 4.73. The summed E-state index contributed by atoms with van der Waals surface area (Å²) in [7, 11) is 0. The topological polar surface area (TPSA) is 83.6 Å². The molecule has 2 amide bonds. The summed E-state index contributed by atoms with van der Waals surface area (Å²) in [6, 6.07) is 5.79. The van der Waals surface area contributed by atoms with E-state index in [4.69, 9.17) is 4.74 Å². The second kappa shape index (κ2) is 9.22. The first-order valence-corrected chi connectivity index (χ1v) is 10.8. The fourth-order valence-electron chi connectivity index (χ4n) is 4.73. The number of nitrogens with zero attached hydrogens (tertiary/aromatic N) is 2. The first-order valence-electron chi connectivity index (χ1n) is 10.8. The van der Waals surface area contributed by atoms with Crippen LogP contribution in [0.3, 0.4) is 0 Å². The molecule has 2 saturated carbocycles. The number of hydrogen-bond acceptors (Lipinski definition) is 5. The first kappa shape index (κ1) is 20.3. The highest BCUT2D eigenvalue weighted by molar-refractivity contribution is 5.78. The van der Waals surface area contributed by atoms with E-state index in [2.05, 4.69) is 20.5 Å². The molecule has 1 aliphatic heterocycles. The van der Waals surface area contributed by atoms with Crippen LogP contribution >= 0.6 is 0 Å². The van der Waals surface area contributed by atoms with Gasteiger partial charge in [0.1, 0.15) is 0 Å². The Balaban J connectivity index is 1.27. The number of likely N-dealkylation sites (tertiary alicyclic amines) is 1. The normalized spacial score (nSPS) is 29.3. The van der Waals surface area contributed by atoms with Crippen molar-refractivity contribution in [1.82, 2.24) is 20.5 Å². The Morgan fingerprint density at radius 2 is 2.00 bits per heavy atom. The third-order valence-corrected chi connectivity index (χ3v) is 6.38. The molecule has 4 atom stereocenters. The van der Waals surface area contributed by atoms with Crippen LogP contribution in [-0.2, 0) is 20.9 Å². The number of carbonyl (C=O) groups is 2. The van der Waals surface area contributed by atoms with Gasteiger partial charge in [0.05, 0.1) is 30.9 Å². The lowest BCUT2D eigenvalue weighted by molar-refractivity contribution is -0.123. The summed E-state index contributed by atoms with van der Waals surface area (Å²) in [5.74, 6) is 1.81. The zero-order valence-electron chi connectivity index (χ0n) is 17.2. The minimum atomic E-state index is 0.0113. The summed E-state index contributed by atoms with van der Waals surface area (Å²) < 4.78 is 6.21. The van der Waals surface area contributed by atoms with E-state index in [0.717, 1.165) is 38.2 Å². The van der Waals surface area contributed by atoms with Crippen LogP contribution < -0.4 is 10.6 Å². The van der Waals surface area contributed by atoms with E-state index >= 15 is 0 Å². The number of amides is 2. The van der Waals surface area contributed by atoms with E-state index in [1.165, 1.54) is 12.8 Å². The molecule has 29 heavy (non-hydrogen) atoms. The van der Waals surface area contributed by atoms with Gasteiger partial charge >= 0.3 is 0 Å². The Morgan fingerprint density at radius 1 is 1.21 bits per heavy atom. The maximum absolute atomic E-state index is 12.4. The average molecular weight is 401 g/mol. The number of hydrogen-bond donors (Lipinski definition) is 2. The second-order valence-corrected chi connectivity index (χ2v) is 8.91. The number of pyridine rings is 1. The van der Waals surface area contributed by atoms with Gasteiger partial charge in [-0.3, -0.25) is 19.5 Å². The first-order chi connectivity index (χ1) is 14.1. The van der Waals surface area contributed by atoms with Crippen LogP contribution in [-0.4, -0.2) is 60.1 Å². The summed E-state index contributed by atoms with van der Waals surface area (Å²) in [6.07, 6.45) is 6.27. The molecule has 158 valence electrons. The van der Waals surface area contributed by atoms with Crippen molar-refractivity contribution in [2.24, 2.45) is 17.8 Å². The monoisotopic (exact) mass is 400 g/mol. The van der Waals surface area contributed by atoms with Gasteiger partial charge in [0.25, 0.3) is 0 Å². The number of nitrogens with one attached hydrogen (secondary N) is 2. The third-order valence-electron chi connectivity index (χ3n) is 6.38. The maximum atomic E-state index is 12.4. The van der Waals surface area contributed by atoms with Crippen LogP contribution in [0.15, 0.2) is 24.4 Å². The number of carbonyl (C=O) groups excluding carboxylic acids is 2. The highest BCUT2D eigenvalue weighted by Crippen LogP contribution is 2.38. The Morgan fingerprint density at radius 3 is 2.69 bits per heavy atom. The summed E-state index contributed by atoms with van der Waals surface area (Å²) in [5, 5.41) is 6.08. The highest BCUT2D eigenvalue weighted by atomic mass is 16.5. The lowest BCUT2D eigenvalue weighted by atomic mass is 9.77. The van der Waals surface area contributed by atoms with E-state index in [-0.39, 0.29) is 24.0 Å². The zero-order chi connectivity index (χ0) is 20.2. The number of fused-ring (bicyclic) bond motifs is 1. The van der Waals surface area contributed by atoms with Gasteiger partial charge in [-0.2, -0.15) is 0 Å². The predicted octanol–water partition coefficient (Wildman–Crippen LogP) is 1.34. The molecule has 2 N–H and O–H groups in total. The number of ether oxygens (including phenoxy) is 1. The van der Waals surface area contributed by atoms with E-state index < -0.39 is 0 Å². The van der Waals surface area contributed by atoms with E-state index in [1.54, 1.807) is 13.1 Å². The van der Waals surface area contributed by atoms with Gasteiger partial charge in [-0.25, -0.2) is 0 Å². The molecule has 1 aromatic rings. The van der Waals surface area contributed by atoms with Gasteiger partial charge in [-0.05, 0) is 55.6 Å². The summed E-state index contributed by atoms with van der Waals surface area (Å²) in [4.78, 5) is 30.5. The Kier molecular flexibility index (Phi) is 6.45. The highest BCUT2D eigenvalue weighted by Gasteiger charge is 2.43. The average Bonchev–Trinajstić information content (AvgIpc) is 3.44. The van der Waals surface area contributed by atoms with Crippen LogP contribution in [0.4, 0.5) is 0 Å². The molecule has 0 unspecified atom stereocenters. The van der Waals surface area contributed by atoms with Crippen molar-refractivity contribution >= 4 is 11.8 Å². The van der Waals surface area contributed by atoms with Crippen LogP contribution in [0.2, 0.25) is 0 Å². The molecular weight excluding hydrogens is 368 g/mol. The molecule has 3 aliphatic rings. The number of aromatic nitrogens is 1. The van der Waals surface area contributed by atoms with E-state index in [0.29, 0.717) is 30.8 Å². The Labute approximate surface area is 172 Å². The standard InChI is InChI=1S/C22H32N4O3/c1-15(27)25-20-8-17-11-26(12-18(17)9-21(20)29-14-16-5-6-16)13-22(28)24-10-19-4-2-3-7-23-19/h2-4,7,16-18,20-21H,5-6,8-14H2,1H3,(H,24,28)(H,25,27)/t17-,18+,20-,21-/m1/s1.